The Morgan fingerprint density at radius 3 is 2.71 bits per heavy atom. The van der Waals surface area contributed by atoms with Crippen LogP contribution >= 0.6 is 0 Å². The number of hydrogen-bond acceptors (Lipinski definition) is 3. The van der Waals surface area contributed by atoms with E-state index in [1.54, 1.807) is 6.07 Å². The number of halogens is 1. The summed E-state index contributed by atoms with van der Waals surface area (Å²) < 4.78 is 18.7. The SMILES string of the molecule is CCOC(C)(C)C(Cc1cccc(F)c1)NN. The van der Waals surface area contributed by atoms with Crippen LogP contribution in [-0.2, 0) is 11.2 Å². The molecule has 0 radical (unpaired) electrons. The van der Waals surface area contributed by atoms with Gasteiger partial charge < -0.3 is 4.74 Å². The Morgan fingerprint density at radius 1 is 1.47 bits per heavy atom. The first kappa shape index (κ1) is 14.1. The van der Waals surface area contributed by atoms with Crippen molar-refractivity contribution in [2.24, 2.45) is 5.84 Å². The van der Waals surface area contributed by atoms with E-state index in [1.807, 2.05) is 26.8 Å². The van der Waals surface area contributed by atoms with Crippen molar-refractivity contribution in [3.05, 3.63) is 35.6 Å². The highest BCUT2D eigenvalue weighted by Crippen LogP contribution is 2.18. The van der Waals surface area contributed by atoms with Gasteiger partial charge in [-0.05, 0) is 44.9 Å². The largest absolute Gasteiger partial charge is 0.374 e. The van der Waals surface area contributed by atoms with Gasteiger partial charge in [0.05, 0.1) is 11.6 Å². The number of nitrogens with one attached hydrogen (secondary N) is 1. The number of ether oxygens (including phenoxy) is 1. The van der Waals surface area contributed by atoms with Crippen LogP contribution in [0, 0.1) is 5.82 Å². The third kappa shape index (κ3) is 4.07. The van der Waals surface area contributed by atoms with E-state index in [-0.39, 0.29) is 11.9 Å². The number of rotatable bonds is 6. The zero-order valence-electron chi connectivity index (χ0n) is 10.7. The molecule has 1 aromatic carbocycles. The Hall–Kier alpha value is -0.970. The predicted octanol–water partition coefficient (Wildman–Crippen LogP) is 2.02. The van der Waals surface area contributed by atoms with E-state index in [0.717, 1.165) is 5.56 Å². The van der Waals surface area contributed by atoms with Crippen LogP contribution in [0.2, 0.25) is 0 Å². The number of hydrazine groups is 1. The lowest BCUT2D eigenvalue weighted by molar-refractivity contribution is -0.0381. The second-order valence-electron chi connectivity index (χ2n) is 4.59. The molecule has 0 amide bonds. The fraction of sp³-hybridized carbons (Fsp3) is 0.538. The van der Waals surface area contributed by atoms with Crippen LogP contribution in [0.4, 0.5) is 4.39 Å². The Balaban J connectivity index is 2.76. The van der Waals surface area contributed by atoms with Gasteiger partial charge in [0.15, 0.2) is 0 Å². The van der Waals surface area contributed by atoms with Gasteiger partial charge in [-0.25, -0.2) is 4.39 Å². The van der Waals surface area contributed by atoms with Crippen molar-refractivity contribution in [3.63, 3.8) is 0 Å². The third-order valence-electron chi connectivity index (χ3n) is 2.89. The van der Waals surface area contributed by atoms with Gasteiger partial charge in [-0.2, -0.15) is 0 Å². The lowest BCUT2D eigenvalue weighted by Gasteiger charge is -2.33. The lowest BCUT2D eigenvalue weighted by Crippen LogP contribution is -2.52. The third-order valence-corrected chi connectivity index (χ3v) is 2.89. The molecule has 4 heteroatoms. The maximum Gasteiger partial charge on any atom is 0.123 e. The van der Waals surface area contributed by atoms with E-state index in [9.17, 15) is 4.39 Å². The van der Waals surface area contributed by atoms with Crippen LogP contribution in [-0.4, -0.2) is 18.2 Å². The van der Waals surface area contributed by atoms with E-state index < -0.39 is 5.60 Å². The number of hydrogen-bond donors (Lipinski definition) is 2. The van der Waals surface area contributed by atoms with E-state index in [4.69, 9.17) is 10.6 Å². The zero-order chi connectivity index (χ0) is 12.9. The summed E-state index contributed by atoms with van der Waals surface area (Å²) in [7, 11) is 0. The Morgan fingerprint density at radius 2 is 2.18 bits per heavy atom. The van der Waals surface area contributed by atoms with Gasteiger partial charge in [-0.3, -0.25) is 11.3 Å². The minimum atomic E-state index is -0.393. The van der Waals surface area contributed by atoms with Crippen LogP contribution in [0.15, 0.2) is 24.3 Å². The monoisotopic (exact) mass is 240 g/mol. The van der Waals surface area contributed by atoms with Gasteiger partial charge in [0.1, 0.15) is 5.82 Å². The molecule has 0 aliphatic carbocycles. The average molecular weight is 240 g/mol. The second kappa shape index (κ2) is 6.10. The van der Waals surface area contributed by atoms with Gasteiger partial charge in [0.2, 0.25) is 0 Å². The van der Waals surface area contributed by atoms with Crippen molar-refractivity contribution in [2.45, 2.75) is 38.8 Å². The fourth-order valence-corrected chi connectivity index (χ4v) is 1.88. The quantitative estimate of drug-likeness (QED) is 0.590. The molecule has 0 saturated carbocycles. The summed E-state index contributed by atoms with van der Waals surface area (Å²) in [6.45, 7) is 6.51. The first-order chi connectivity index (χ1) is 7.99. The highest BCUT2D eigenvalue weighted by Gasteiger charge is 2.29. The summed E-state index contributed by atoms with van der Waals surface area (Å²) in [5.74, 6) is 5.32. The molecule has 0 aliphatic rings. The molecule has 1 aromatic rings. The summed E-state index contributed by atoms with van der Waals surface area (Å²) in [5, 5.41) is 0. The maximum atomic E-state index is 13.1. The zero-order valence-corrected chi connectivity index (χ0v) is 10.7. The van der Waals surface area contributed by atoms with Gasteiger partial charge in [-0.15, -0.1) is 0 Å². The van der Waals surface area contributed by atoms with Crippen molar-refractivity contribution in [2.75, 3.05) is 6.61 Å². The number of nitrogens with two attached hydrogens (primary N) is 1. The molecule has 0 aliphatic heterocycles. The second-order valence-corrected chi connectivity index (χ2v) is 4.59. The topological polar surface area (TPSA) is 47.3 Å². The van der Waals surface area contributed by atoms with Crippen LogP contribution < -0.4 is 11.3 Å². The normalized spacial score (nSPS) is 13.7. The molecule has 0 heterocycles. The van der Waals surface area contributed by atoms with Gasteiger partial charge in [-0.1, -0.05) is 12.1 Å². The van der Waals surface area contributed by atoms with Crippen molar-refractivity contribution < 1.29 is 9.13 Å². The molecule has 1 atom stereocenters. The summed E-state index contributed by atoms with van der Waals surface area (Å²) >= 11 is 0. The lowest BCUT2D eigenvalue weighted by atomic mass is 9.92. The minimum absolute atomic E-state index is 0.0655. The van der Waals surface area contributed by atoms with Crippen molar-refractivity contribution in [1.82, 2.24) is 5.43 Å². The average Bonchev–Trinajstić information content (AvgIpc) is 2.25. The molecule has 0 bridgehead atoms. The molecule has 3 nitrogen and oxygen atoms in total. The molecule has 3 N–H and O–H groups in total. The van der Waals surface area contributed by atoms with Crippen molar-refractivity contribution in [1.29, 1.82) is 0 Å². The highest BCUT2D eigenvalue weighted by molar-refractivity contribution is 5.18. The first-order valence-electron chi connectivity index (χ1n) is 5.84. The number of benzene rings is 1. The van der Waals surface area contributed by atoms with Gasteiger partial charge >= 0.3 is 0 Å². The van der Waals surface area contributed by atoms with Crippen LogP contribution in [0.5, 0.6) is 0 Å². The van der Waals surface area contributed by atoms with Crippen LogP contribution in [0.1, 0.15) is 26.3 Å². The standard InChI is InChI=1S/C13H21FN2O/c1-4-17-13(2,3)12(16-15)9-10-6-5-7-11(14)8-10/h5-8,12,16H,4,9,15H2,1-3H3. The Kier molecular flexibility index (Phi) is 5.05. The molecule has 1 unspecified atom stereocenters. The van der Waals surface area contributed by atoms with Crippen molar-refractivity contribution >= 4 is 0 Å². The maximum absolute atomic E-state index is 13.1. The molecule has 96 valence electrons. The fourth-order valence-electron chi connectivity index (χ4n) is 1.88. The smallest absolute Gasteiger partial charge is 0.123 e. The predicted molar refractivity (Wildman–Crippen MR) is 66.9 cm³/mol. The van der Waals surface area contributed by atoms with Gasteiger partial charge in [0, 0.05) is 6.61 Å². The van der Waals surface area contributed by atoms with Crippen LogP contribution in [0.3, 0.4) is 0 Å². The first-order valence-corrected chi connectivity index (χ1v) is 5.84. The highest BCUT2D eigenvalue weighted by atomic mass is 19.1. The minimum Gasteiger partial charge on any atom is -0.374 e. The van der Waals surface area contributed by atoms with Gasteiger partial charge in [0.25, 0.3) is 0 Å². The Bertz CT molecular complexity index is 355. The van der Waals surface area contributed by atoms with E-state index in [1.165, 1.54) is 12.1 Å². The van der Waals surface area contributed by atoms with E-state index >= 15 is 0 Å². The summed E-state index contributed by atoms with van der Waals surface area (Å²) in [4.78, 5) is 0. The molecular formula is C13H21FN2O. The van der Waals surface area contributed by atoms with Crippen LogP contribution in [0.25, 0.3) is 0 Å². The van der Waals surface area contributed by atoms with Crippen molar-refractivity contribution in [3.8, 4) is 0 Å². The molecule has 0 aromatic heterocycles. The summed E-state index contributed by atoms with van der Waals surface area (Å²) in [6, 6.07) is 6.47. The van der Waals surface area contributed by atoms with E-state index in [0.29, 0.717) is 13.0 Å². The molecular weight excluding hydrogens is 219 g/mol. The summed E-state index contributed by atoms with van der Waals surface area (Å²) in [6.07, 6.45) is 0.626. The molecule has 0 spiro atoms. The molecule has 1 rings (SSSR count). The Labute approximate surface area is 102 Å². The summed E-state index contributed by atoms with van der Waals surface area (Å²) in [5.41, 5.74) is 3.26. The van der Waals surface area contributed by atoms with E-state index in [2.05, 4.69) is 5.43 Å². The molecule has 17 heavy (non-hydrogen) atoms. The molecule has 0 fully saturated rings. The molecule has 0 saturated heterocycles.